The first kappa shape index (κ1) is 11.6. The first-order chi connectivity index (χ1) is 7.47. The highest BCUT2D eigenvalue weighted by Crippen LogP contribution is 2.25. The lowest BCUT2D eigenvalue weighted by Gasteiger charge is -2.21. The molecule has 1 aliphatic rings. The van der Waals surface area contributed by atoms with Gasteiger partial charge < -0.3 is 4.90 Å². The van der Waals surface area contributed by atoms with Crippen LogP contribution in [0, 0.1) is 0 Å². The molecule has 0 radical (unpaired) electrons. The van der Waals surface area contributed by atoms with Crippen molar-refractivity contribution in [1.29, 1.82) is 0 Å². The van der Waals surface area contributed by atoms with E-state index in [0.717, 1.165) is 24.7 Å². The van der Waals surface area contributed by atoms with Crippen LogP contribution in [0.15, 0.2) is 6.07 Å². The quantitative estimate of drug-likeness (QED) is 0.706. The van der Waals surface area contributed by atoms with Crippen molar-refractivity contribution < 1.29 is 0 Å². The van der Waals surface area contributed by atoms with Crippen molar-refractivity contribution in [3.05, 3.63) is 17.0 Å². The smallest absolute Gasteiger partial charge is 0.137 e. The standard InChI is InChI=1S/C12H18ClN3/c1-12(2,3)11-14-9(13)8-10(15-11)16-6-4-5-7-16/h8H,4-7H2,1-3H3. The molecule has 1 aromatic rings. The van der Waals surface area contributed by atoms with E-state index in [1.807, 2.05) is 6.07 Å². The molecule has 0 aromatic carbocycles. The summed E-state index contributed by atoms with van der Waals surface area (Å²) in [6.07, 6.45) is 2.49. The van der Waals surface area contributed by atoms with Crippen LogP contribution in [0.2, 0.25) is 5.15 Å². The van der Waals surface area contributed by atoms with Gasteiger partial charge in [-0.2, -0.15) is 0 Å². The van der Waals surface area contributed by atoms with Crippen molar-refractivity contribution in [3.8, 4) is 0 Å². The molecule has 2 rings (SSSR count). The van der Waals surface area contributed by atoms with Gasteiger partial charge in [-0.05, 0) is 12.8 Å². The molecule has 1 fully saturated rings. The maximum absolute atomic E-state index is 6.06. The Balaban J connectivity index is 2.35. The van der Waals surface area contributed by atoms with Crippen LogP contribution < -0.4 is 4.90 Å². The second-order valence-corrected chi connectivity index (χ2v) is 5.70. The molecule has 0 spiro atoms. The number of aromatic nitrogens is 2. The van der Waals surface area contributed by atoms with Crippen LogP contribution in [-0.2, 0) is 5.41 Å². The molecule has 0 atom stereocenters. The van der Waals surface area contributed by atoms with Crippen molar-refractivity contribution in [2.75, 3.05) is 18.0 Å². The molecule has 16 heavy (non-hydrogen) atoms. The Morgan fingerprint density at radius 1 is 1.19 bits per heavy atom. The van der Waals surface area contributed by atoms with E-state index in [9.17, 15) is 0 Å². The predicted octanol–water partition coefficient (Wildman–Crippen LogP) is 3.03. The van der Waals surface area contributed by atoms with E-state index in [2.05, 4.69) is 35.6 Å². The van der Waals surface area contributed by atoms with Crippen LogP contribution in [0.25, 0.3) is 0 Å². The molecule has 1 aromatic heterocycles. The maximum atomic E-state index is 6.06. The van der Waals surface area contributed by atoms with E-state index in [1.165, 1.54) is 12.8 Å². The Morgan fingerprint density at radius 2 is 1.81 bits per heavy atom. The summed E-state index contributed by atoms with van der Waals surface area (Å²) in [7, 11) is 0. The second kappa shape index (κ2) is 4.21. The van der Waals surface area contributed by atoms with Gasteiger partial charge >= 0.3 is 0 Å². The summed E-state index contributed by atoms with van der Waals surface area (Å²) in [4.78, 5) is 11.2. The first-order valence-corrected chi connectivity index (χ1v) is 6.14. The van der Waals surface area contributed by atoms with Crippen LogP contribution in [-0.4, -0.2) is 23.1 Å². The van der Waals surface area contributed by atoms with Crippen molar-refractivity contribution >= 4 is 17.4 Å². The lowest BCUT2D eigenvalue weighted by Crippen LogP contribution is -2.23. The highest BCUT2D eigenvalue weighted by atomic mass is 35.5. The zero-order valence-corrected chi connectivity index (χ0v) is 10.9. The van der Waals surface area contributed by atoms with Gasteiger partial charge in [-0.1, -0.05) is 32.4 Å². The molecule has 0 bridgehead atoms. The van der Waals surface area contributed by atoms with Crippen LogP contribution in [0.5, 0.6) is 0 Å². The molecule has 0 N–H and O–H groups in total. The molecular weight excluding hydrogens is 222 g/mol. The topological polar surface area (TPSA) is 29.0 Å². The molecule has 0 aliphatic carbocycles. The summed E-state index contributed by atoms with van der Waals surface area (Å²) in [5, 5.41) is 0.543. The summed E-state index contributed by atoms with van der Waals surface area (Å²) in [6.45, 7) is 8.47. The van der Waals surface area contributed by atoms with Crippen molar-refractivity contribution in [2.24, 2.45) is 0 Å². The van der Waals surface area contributed by atoms with Crippen LogP contribution in [0.3, 0.4) is 0 Å². The van der Waals surface area contributed by atoms with Crippen LogP contribution in [0.4, 0.5) is 5.82 Å². The van der Waals surface area contributed by atoms with E-state index in [1.54, 1.807) is 0 Å². The molecule has 1 saturated heterocycles. The van der Waals surface area contributed by atoms with Crippen LogP contribution >= 0.6 is 11.6 Å². The number of hydrogen-bond donors (Lipinski definition) is 0. The second-order valence-electron chi connectivity index (χ2n) is 5.32. The Bertz CT molecular complexity index is 378. The number of halogens is 1. The van der Waals surface area contributed by atoms with E-state index < -0.39 is 0 Å². The van der Waals surface area contributed by atoms with Gasteiger partial charge in [0.15, 0.2) is 0 Å². The van der Waals surface area contributed by atoms with Crippen LogP contribution in [0.1, 0.15) is 39.4 Å². The van der Waals surface area contributed by atoms with Crippen molar-refractivity contribution in [1.82, 2.24) is 9.97 Å². The van der Waals surface area contributed by atoms with Gasteiger partial charge in [0.05, 0.1) is 0 Å². The average Bonchev–Trinajstić information content (AvgIpc) is 2.68. The molecule has 3 nitrogen and oxygen atoms in total. The molecule has 4 heteroatoms. The zero-order chi connectivity index (χ0) is 11.8. The normalized spacial score (nSPS) is 16.9. The zero-order valence-electron chi connectivity index (χ0n) is 10.1. The van der Waals surface area contributed by atoms with E-state index in [0.29, 0.717) is 5.15 Å². The fourth-order valence-electron chi connectivity index (χ4n) is 1.85. The first-order valence-electron chi connectivity index (χ1n) is 5.77. The number of hydrogen-bond acceptors (Lipinski definition) is 3. The summed E-state index contributed by atoms with van der Waals surface area (Å²) < 4.78 is 0. The minimum atomic E-state index is -0.0562. The van der Waals surface area contributed by atoms with Gasteiger partial charge in [0.2, 0.25) is 0 Å². The van der Waals surface area contributed by atoms with Gasteiger partial charge in [0.1, 0.15) is 16.8 Å². The molecule has 0 saturated carbocycles. The minimum absolute atomic E-state index is 0.0562. The lowest BCUT2D eigenvalue weighted by atomic mass is 9.96. The SMILES string of the molecule is CC(C)(C)c1nc(Cl)cc(N2CCCC2)n1. The van der Waals surface area contributed by atoms with Crippen molar-refractivity contribution in [2.45, 2.75) is 39.0 Å². The minimum Gasteiger partial charge on any atom is -0.356 e. The van der Waals surface area contributed by atoms with E-state index in [4.69, 9.17) is 11.6 Å². The number of nitrogens with zero attached hydrogens (tertiary/aromatic N) is 3. The van der Waals surface area contributed by atoms with Gasteiger partial charge in [-0.3, -0.25) is 0 Å². The number of rotatable bonds is 1. The third kappa shape index (κ3) is 2.46. The molecule has 88 valence electrons. The number of anilines is 1. The molecule has 2 heterocycles. The lowest BCUT2D eigenvalue weighted by molar-refractivity contribution is 0.544. The summed E-state index contributed by atoms with van der Waals surface area (Å²) in [5.74, 6) is 1.80. The fraction of sp³-hybridized carbons (Fsp3) is 0.667. The fourth-order valence-corrected chi connectivity index (χ4v) is 2.03. The Hall–Kier alpha value is -0.830. The molecule has 0 amide bonds. The Labute approximate surface area is 102 Å². The monoisotopic (exact) mass is 239 g/mol. The summed E-state index contributed by atoms with van der Waals surface area (Å²) in [6, 6.07) is 1.86. The highest BCUT2D eigenvalue weighted by Gasteiger charge is 2.21. The molecule has 1 aliphatic heterocycles. The van der Waals surface area contributed by atoms with E-state index >= 15 is 0 Å². The molecule has 0 unspecified atom stereocenters. The third-order valence-corrected chi connectivity index (χ3v) is 2.98. The Morgan fingerprint density at radius 3 is 2.38 bits per heavy atom. The van der Waals surface area contributed by atoms with Gasteiger partial charge in [-0.15, -0.1) is 0 Å². The third-order valence-electron chi connectivity index (χ3n) is 2.78. The largest absolute Gasteiger partial charge is 0.356 e. The summed E-state index contributed by atoms with van der Waals surface area (Å²) >= 11 is 6.06. The maximum Gasteiger partial charge on any atom is 0.137 e. The average molecular weight is 240 g/mol. The van der Waals surface area contributed by atoms with Gasteiger partial charge in [0.25, 0.3) is 0 Å². The van der Waals surface area contributed by atoms with Crippen molar-refractivity contribution in [3.63, 3.8) is 0 Å². The molecular formula is C12H18ClN3. The predicted molar refractivity (Wildman–Crippen MR) is 67.2 cm³/mol. The highest BCUT2D eigenvalue weighted by molar-refractivity contribution is 6.29. The van der Waals surface area contributed by atoms with Gasteiger partial charge in [-0.25, -0.2) is 9.97 Å². The van der Waals surface area contributed by atoms with Gasteiger partial charge in [0, 0.05) is 24.6 Å². The van der Waals surface area contributed by atoms with E-state index in [-0.39, 0.29) is 5.41 Å². The Kier molecular flexibility index (Phi) is 3.06. The summed E-state index contributed by atoms with van der Waals surface area (Å²) in [5.41, 5.74) is -0.0562.